The van der Waals surface area contributed by atoms with Crippen LogP contribution in [0.1, 0.15) is 67.9 Å². The molecule has 0 bridgehead atoms. The first kappa shape index (κ1) is 22.4. The summed E-state index contributed by atoms with van der Waals surface area (Å²) in [5, 5.41) is 2.96. The van der Waals surface area contributed by atoms with Crippen molar-refractivity contribution in [3.63, 3.8) is 0 Å². The number of nitrogens with one attached hydrogen (secondary N) is 1. The highest BCUT2D eigenvalue weighted by Crippen LogP contribution is 2.17. The van der Waals surface area contributed by atoms with Gasteiger partial charge in [0.2, 0.25) is 0 Å². The smallest absolute Gasteiger partial charge is 0.306 e. The Morgan fingerprint density at radius 3 is 2.66 bits per heavy atom. The van der Waals surface area contributed by atoms with Crippen LogP contribution in [0.15, 0.2) is 55.2 Å². The number of unbranched alkanes of at least 4 members (excludes halogenated alkanes) is 3. The predicted molar refractivity (Wildman–Crippen MR) is 122 cm³/mol. The first-order valence-corrected chi connectivity index (χ1v) is 10.3. The minimum absolute atomic E-state index is 0. The summed E-state index contributed by atoms with van der Waals surface area (Å²) in [5.74, 6) is -0.240. The second-order valence-corrected chi connectivity index (χ2v) is 7.06. The molecule has 0 unspecified atom stereocenters. The molecule has 1 aromatic rings. The van der Waals surface area contributed by atoms with E-state index in [1.807, 2.05) is 18.2 Å². The highest BCUT2D eigenvalue weighted by atomic mass is 16.5. The Kier molecular flexibility index (Phi) is 9.70. The lowest BCUT2D eigenvalue weighted by atomic mass is 10.0. The maximum atomic E-state index is 12.4. The minimum Gasteiger partial charge on any atom is -0.461 e. The average molecular weight is 396 g/mol. The summed E-state index contributed by atoms with van der Waals surface area (Å²) in [7, 11) is 0. The van der Waals surface area contributed by atoms with Gasteiger partial charge in [0.1, 0.15) is 6.61 Å². The van der Waals surface area contributed by atoms with Crippen LogP contribution in [0.5, 0.6) is 0 Å². The molecule has 29 heavy (non-hydrogen) atoms. The third-order valence-corrected chi connectivity index (χ3v) is 4.87. The molecule has 1 N–H and O–H groups in total. The van der Waals surface area contributed by atoms with Gasteiger partial charge < -0.3 is 10.1 Å². The highest BCUT2D eigenvalue weighted by Gasteiger charge is 2.11. The van der Waals surface area contributed by atoms with Gasteiger partial charge in [0.25, 0.3) is 5.91 Å². The molecule has 0 heterocycles. The standard InChI is InChI=1S/C25H31NO3.H2/c1-3-21-15-12-16-23(22(21)4-2)25(28)26-18-11-6-5-10-17-24(27)29-19-20-13-8-7-9-14-20;/h3-4,8,12-16H,1-2,5-7,9-11,17-19H2,(H,26,28);1H. The fourth-order valence-corrected chi connectivity index (χ4v) is 3.24. The topological polar surface area (TPSA) is 55.4 Å². The summed E-state index contributed by atoms with van der Waals surface area (Å²) in [6.45, 7) is 8.55. The second-order valence-electron chi connectivity index (χ2n) is 7.06. The molecule has 2 rings (SSSR count). The fraction of sp³-hybridized carbons (Fsp3) is 0.360. The quantitative estimate of drug-likeness (QED) is 0.364. The molecule has 0 spiro atoms. The van der Waals surface area contributed by atoms with Crippen molar-refractivity contribution in [3.8, 4) is 0 Å². The van der Waals surface area contributed by atoms with E-state index < -0.39 is 0 Å². The number of esters is 1. The zero-order chi connectivity index (χ0) is 20.9. The van der Waals surface area contributed by atoms with Gasteiger partial charge in [-0.05, 0) is 48.4 Å². The van der Waals surface area contributed by atoms with Gasteiger partial charge in [-0.3, -0.25) is 9.59 Å². The van der Waals surface area contributed by atoms with Gasteiger partial charge in [0.05, 0.1) is 0 Å². The minimum atomic E-state index is -0.141. The Bertz CT molecular complexity index is 796. The maximum absolute atomic E-state index is 12.4. The van der Waals surface area contributed by atoms with E-state index in [1.165, 1.54) is 0 Å². The monoisotopic (exact) mass is 395 g/mol. The van der Waals surface area contributed by atoms with Crippen molar-refractivity contribution in [2.45, 2.75) is 44.9 Å². The lowest BCUT2D eigenvalue weighted by Crippen LogP contribution is -2.25. The Labute approximate surface area is 175 Å². The summed E-state index contributed by atoms with van der Waals surface area (Å²) < 4.78 is 5.30. The molecular formula is C25H33NO3. The van der Waals surface area contributed by atoms with Crippen LogP contribution in [0.25, 0.3) is 12.2 Å². The number of allylic oxidation sites excluding steroid dienone is 2. The largest absolute Gasteiger partial charge is 0.461 e. The maximum Gasteiger partial charge on any atom is 0.306 e. The van der Waals surface area contributed by atoms with Crippen LogP contribution in [0.3, 0.4) is 0 Å². The van der Waals surface area contributed by atoms with Gasteiger partial charge in [-0.1, -0.05) is 68.5 Å². The molecule has 4 nitrogen and oxygen atoms in total. The molecule has 1 aromatic carbocycles. The third kappa shape index (κ3) is 7.57. The number of ether oxygens (including phenoxy) is 1. The molecule has 156 valence electrons. The molecule has 4 heteroatoms. The predicted octanol–water partition coefficient (Wildman–Crippen LogP) is 5.72. The first-order chi connectivity index (χ1) is 14.2. The fourth-order valence-electron chi connectivity index (χ4n) is 3.24. The lowest BCUT2D eigenvalue weighted by molar-refractivity contribution is -0.142. The zero-order valence-electron chi connectivity index (χ0n) is 17.1. The molecule has 0 radical (unpaired) electrons. The van der Waals surface area contributed by atoms with Crippen molar-refractivity contribution in [2.24, 2.45) is 0 Å². The van der Waals surface area contributed by atoms with Gasteiger partial charge in [-0.15, -0.1) is 0 Å². The number of amides is 1. The molecule has 0 atom stereocenters. The van der Waals surface area contributed by atoms with Crippen LogP contribution in [-0.4, -0.2) is 25.0 Å². The third-order valence-electron chi connectivity index (χ3n) is 4.87. The van der Waals surface area contributed by atoms with Crippen molar-refractivity contribution in [3.05, 3.63) is 71.8 Å². The number of hydrogen-bond acceptors (Lipinski definition) is 3. The number of carbonyl (C=O) groups is 2. The molecule has 1 aliphatic carbocycles. The van der Waals surface area contributed by atoms with Crippen LogP contribution < -0.4 is 5.32 Å². The Morgan fingerprint density at radius 1 is 1.10 bits per heavy atom. The van der Waals surface area contributed by atoms with E-state index in [-0.39, 0.29) is 13.3 Å². The van der Waals surface area contributed by atoms with Crippen LogP contribution >= 0.6 is 0 Å². The summed E-state index contributed by atoms with van der Waals surface area (Å²) >= 11 is 0. The summed E-state index contributed by atoms with van der Waals surface area (Å²) in [6, 6.07) is 5.55. The normalized spacial score (nSPS) is 12.8. The van der Waals surface area contributed by atoms with E-state index in [0.29, 0.717) is 25.1 Å². The Morgan fingerprint density at radius 2 is 1.93 bits per heavy atom. The highest BCUT2D eigenvalue weighted by molar-refractivity contribution is 5.98. The number of hydrogen-bond donors (Lipinski definition) is 1. The van der Waals surface area contributed by atoms with E-state index in [0.717, 1.165) is 55.2 Å². The van der Waals surface area contributed by atoms with E-state index in [2.05, 4.69) is 30.6 Å². The van der Waals surface area contributed by atoms with E-state index in [4.69, 9.17) is 4.74 Å². The van der Waals surface area contributed by atoms with Gasteiger partial charge in [-0.2, -0.15) is 0 Å². The molecule has 0 aromatic heterocycles. The lowest BCUT2D eigenvalue weighted by Gasteiger charge is -2.10. The van der Waals surface area contributed by atoms with Crippen molar-refractivity contribution >= 4 is 24.0 Å². The average Bonchev–Trinajstić information content (AvgIpc) is 2.76. The molecular weight excluding hydrogens is 362 g/mol. The van der Waals surface area contributed by atoms with Crippen LogP contribution in [0.2, 0.25) is 0 Å². The Balaban J connectivity index is 0.00000450. The number of rotatable bonds is 12. The van der Waals surface area contributed by atoms with Crippen molar-refractivity contribution in [2.75, 3.05) is 13.2 Å². The van der Waals surface area contributed by atoms with E-state index in [1.54, 1.807) is 18.2 Å². The van der Waals surface area contributed by atoms with Crippen LogP contribution in [0, 0.1) is 0 Å². The first-order valence-electron chi connectivity index (χ1n) is 10.3. The molecule has 1 aliphatic rings. The van der Waals surface area contributed by atoms with Crippen molar-refractivity contribution in [1.82, 2.24) is 5.32 Å². The molecule has 0 fully saturated rings. The van der Waals surface area contributed by atoms with Gasteiger partial charge in [0.15, 0.2) is 0 Å². The van der Waals surface area contributed by atoms with Crippen LogP contribution in [-0.2, 0) is 9.53 Å². The van der Waals surface area contributed by atoms with Gasteiger partial charge in [-0.25, -0.2) is 0 Å². The summed E-state index contributed by atoms with van der Waals surface area (Å²) in [6.07, 6.45) is 15.8. The molecule has 0 saturated carbocycles. The SMILES string of the molecule is C=Cc1cccc(C(=O)NCCCCCCC(=O)OCC2=CCCC=C2)c1C=C.[HH]. The van der Waals surface area contributed by atoms with E-state index in [9.17, 15) is 9.59 Å². The van der Waals surface area contributed by atoms with E-state index >= 15 is 0 Å². The zero-order valence-corrected chi connectivity index (χ0v) is 17.1. The molecule has 0 aliphatic heterocycles. The molecule has 0 saturated heterocycles. The summed E-state index contributed by atoms with van der Waals surface area (Å²) in [4.78, 5) is 24.2. The summed E-state index contributed by atoms with van der Waals surface area (Å²) in [5.41, 5.74) is 3.40. The second kappa shape index (κ2) is 12.6. The van der Waals surface area contributed by atoms with Crippen molar-refractivity contribution < 1.29 is 15.8 Å². The number of carbonyl (C=O) groups excluding carboxylic acids is 2. The molecule has 1 amide bonds. The Hall–Kier alpha value is -2.88. The van der Waals surface area contributed by atoms with Crippen LogP contribution in [0.4, 0.5) is 0 Å². The van der Waals surface area contributed by atoms with Gasteiger partial charge >= 0.3 is 5.97 Å². The number of benzene rings is 1. The van der Waals surface area contributed by atoms with Gasteiger partial charge in [0, 0.05) is 20.0 Å². The van der Waals surface area contributed by atoms with Crippen molar-refractivity contribution in [1.29, 1.82) is 0 Å².